The summed E-state index contributed by atoms with van der Waals surface area (Å²) in [5.74, 6) is -1.64. The first-order valence-electron chi connectivity index (χ1n) is 14.2. The number of benzene rings is 2. The molecule has 43 heavy (non-hydrogen) atoms. The SMILES string of the molecule is NS(=O)(=O)c1ccc(Cc2c(-c3ccc(F)c(C=CC4CCCC4)c3)nn(-c3nc(C(=O)O)cs3)c2CC2CC2)cc1F. The molecule has 0 spiro atoms. The summed E-state index contributed by atoms with van der Waals surface area (Å²) >= 11 is 1.15. The summed E-state index contributed by atoms with van der Waals surface area (Å²) in [7, 11) is -4.24. The van der Waals surface area contributed by atoms with Gasteiger partial charge >= 0.3 is 5.97 Å². The quantitative estimate of drug-likeness (QED) is 0.211. The Bertz CT molecular complexity index is 1840. The van der Waals surface area contributed by atoms with Crippen molar-refractivity contribution in [2.24, 2.45) is 17.0 Å². The maximum Gasteiger partial charge on any atom is 0.355 e. The van der Waals surface area contributed by atoms with Crippen LogP contribution < -0.4 is 5.14 Å². The lowest BCUT2D eigenvalue weighted by molar-refractivity contribution is 0.0691. The molecule has 0 radical (unpaired) electrons. The lowest BCUT2D eigenvalue weighted by Crippen LogP contribution is -2.14. The van der Waals surface area contributed by atoms with Crippen molar-refractivity contribution in [3.05, 3.63) is 87.6 Å². The van der Waals surface area contributed by atoms with E-state index in [4.69, 9.17) is 10.2 Å². The van der Waals surface area contributed by atoms with Gasteiger partial charge in [-0.3, -0.25) is 0 Å². The summed E-state index contributed by atoms with van der Waals surface area (Å²) in [6, 6.07) is 8.60. The zero-order valence-corrected chi connectivity index (χ0v) is 24.8. The van der Waals surface area contributed by atoms with Crippen LogP contribution in [0.25, 0.3) is 22.5 Å². The Morgan fingerprint density at radius 2 is 1.86 bits per heavy atom. The molecule has 6 rings (SSSR count). The summed E-state index contributed by atoms with van der Waals surface area (Å²) in [5, 5.41) is 21.4. The van der Waals surface area contributed by atoms with Crippen LogP contribution in [-0.2, 0) is 22.9 Å². The highest BCUT2D eigenvalue weighted by Gasteiger charge is 2.30. The number of aromatic carboxylic acids is 1. The normalized spacial score (nSPS) is 16.0. The molecule has 0 unspecified atom stereocenters. The second kappa shape index (κ2) is 11.7. The van der Waals surface area contributed by atoms with Gasteiger partial charge in [-0.25, -0.2) is 36.8 Å². The number of nitrogens with two attached hydrogens (primary N) is 1. The van der Waals surface area contributed by atoms with Crippen molar-refractivity contribution in [1.82, 2.24) is 14.8 Å². The van der Waals surface area contributed by atoms with Gasteiger partial charge in [0, 0.05) is 28.5 Å². The van der Waals surface area contributed by atoms with Crippen LogP contribution in [0.1, 0.15) is 71.4 Å². The number of hydrogen-bond donors (Lipinski definition) is 2. The second-order valence-corrected chi connectivity index (χ2v) is 13.6. The van der Waals surface area contributed by atoms with Crippen molar-refractivity contribution in [1.29, 1.82) is 0 Å². The van der Waals surface area contributed by atoms with E-state index in [-0.39, 0.29) is 17.9 Å². The average Bonchev–Trinajstić information content (AvgIpc) is 3.30. The number of sulfonamides is 1. The molecule has 2 aromatic carbocycles. The highest BCUT2D eigenvalue weighted by Crippen LogP contribution is 2.39. The molecule has 0 amide bonds. The van der Waals surface area contributed by atoms with E-state index in [1.54, 1.807) is 16.8 Å². The Hall–Kier alpha value is -3.74. The molecule has 2 saturated carbocycles. The van der Waals surface area contributed by atoms with Gasteiger partial charge in [0.25, 0.3) is 0 Å². The van der Waals surface area contributed by atoms with Crippen LogP contribution in [0.15, 0.2) is 52.7 Å². The van der Waals surface area contributed by atoms with Crippen molar-refractivity contribution in [3.8, 4) is 16.4 Å². The number of rotatable bonds is 10. The number of thiazole rings is 1. The number of hydrogen-bond acceptors (Lipinski definition) is 6. The van der Waals surface area contributed by atoms with Crippen LogP contribution in [0.5, 0.6) is 0 Å². The molecule has 224 valence electrons. The monoisotopic (exact) mass is 624 g/mol. The molecule has 2 fully saturated rings. The van der Waals surface area contributed by atoms with Gasteiger partial charge in [-0.15, -0.1) is 11.3 Å². The Morgan fingerprint density at radius 3 is 2.51 bits per heavy atom. The second-order valence-electron chi connectivity index (χ2n) is 11.3. The number of carboxylic acids is 1. The van der Waals surface area contributed by atoms with E-state index < -0.39 is 26.7 Å². The minimum atomic E-state index is -4.24. The van der Waals surface area contributed by atoms with Crippen molar-refractivity contribution in [2.75, 3.05) is 0 Å². The Labute approximate surface area is 252 Å². The van der Waals surface area contributed by atoms with Crippen molar-refractivity contribution in [2.45, 2.75) is 56.3 Å². The van der Waals surface area contributed by atoms with Gasteiger partial charge in [-0.1, -0.05) is 31.1 Å². The van der Waals surface area contributed by atoms with Gasteiger partial charge in [0.05, 0.1) is 11.4 Å². The highest BCUT2D eigenvalue weighted by atomic mass is 32.2. The molecule has 0 bridgehead atoms. The predicted molar refractivity (Wildman–Crippen MR) is 160 cm³/mol. The molecule has 4 aromatic rings. The fourth-order valence-electron chi connectivity index (χ4n) is 5.62. The van der Waals surface area contributed by atoms with Gasteiger partial charge in [-0.05, 0) is 79.8 Å². The van der Waals surface area contributed by atoms with Gasteiger partial charge in [0.1, 0.15) is 16.5 Å². The van der Waals surface area contributed by atoms with Gasteiger partial charge in [0.2, 0.25) is 15.2 Å². The third kappa shape index (κ3) is 6.46. The molecule has 8 nitrogen and oxygen atoms in total. The van der Waals surface area contributed by atoms with Crippen molar-refractivity contribution in [3.63, 3.8) is 0 Å². The summed E-state index contributed by atoms with van der Waals surface area (Å²) in [5.41, 5.74) is 3.56. The van der Waals surface area contributed by atoms with Crippen LogP contribution in [-0.4, -0.2) is 34.3 Å². The number of halogens is 2. The average molecular weight is 625 g/mol. The van der Waals surface area contributed by atoms with Crippen LogP contribution in [0.2, 0.25) is 0 Å². The molecular formula is C31H30F2N4O4S2. The lowest BCUT2D eigenvalue weighted by Gasteiger charge is -2.10. The molecule has 2 aromatic heterocycles. The van der Waals surface area contributed by atoms with E-state index in [0.29, 0.717) is 45.8 Å². The van der Waals surface area contributed by atoms with E-state index in [9.17, 15) is 27.1 Å². The summed E-state index contributed by atoms with van der Waals surface area (Å²) in [6.07, 6.45) is 11.3. The summed E-state index contributed by atoms with van der Waals surface area (Å²) in [6.45, 7) is 0. The zero-order valence-electron chi connectivity index (χ0n) is 23.2. The number of carbonyl (C=O) groups is 1. The molecule has 0 saturated heterocycles. The van der Waals surface area contributed by atoms with E-state index in [1.165, 1.54) is 30.4 Å². The molecular weight excluding hydrogens is 594 g/mol. The van der Waals surface area contributed by atoms with E-state index >= 15 is 0 Å². The Kier molecular flexibility index (Phi) is 8.01. The van der Waals surface area contributed by atoms with Gasteiger partial charge in [0.15, 0.2) is 5.69 Å². The number of primary sulfonamides is 1. The van der Waals surface area contributed by atoms with Gasteiger partial charge in [-0.2, -0.15) is 5.10 Å². The minimum absolute atomic E-state index is 0.0993. The fourth-order valence-corrected chi connectivity index (χ4v) is 6.98. The summed E-state index contributed by atoms with van der Waals surface area (Å²) < 4.78 is 55.0. The molecule has 12 heteroatoms. The Morgan fingerprint density at radius 1 is 1.09 bits per heavy atom. The molecule has 2 aliphatic rings. The van der Waals surface area contributed by atoms with Gasteiger partial charge < -0.3 is 5.11 Å². The first-order chi connectivity index (χ1) is 20.6. The van der Waals surface area contributed by atoms with E-state index in [2.05, 4.69) is 11.1 Å². The molecule has 0 aliphatic heterocycles. The molecule has 3 N–H and O–H groups in total. The van der Waals surface area contributed by atoms with Crippen LogP contribution >= 0.6 is 11.3 Å². The number of carboxylic acid groups (broad SMARTS) is 1. The molecule has 2 heterocycles. The molecule has 2 aliphatic carbocycles. The van der Waals surface area contributed by atoms with Crippen LogP contribution in [0, 0.1) is 23.5 Å². The smallest absolute Gasteiger partial charge is 0.355 e. The predicted octanol–water partition coefficient (Wildman–Crippen LogP) is 6.37. The highest BCUT2D eigenvalue weighted by molar-refractivity contribution is 7.89. The number of nitrogens with zero attached hydrogens (tertiary/aromatic N) is 3. The zero-order chi connectivity index (χ0) is 30.3. The standard InChI is InChI=1S/C31H30F2N4O4S2/c32-24-11-10-22(16-21(24)9-7-18-3-1-2-4-18)29-23(13-20-8-12-28(25(33)14-20)43(34,40)41)27(15-19-5-6-19)37(36-29)31-35-26(17-42-31)30(38)39/h7-12,14,16-19H,1-6,13,15H2,(H,38,39)(H2,34,40,41). The van der Waals surface area contributed by atoms with Crippen LogP contribution in [0.4, 0.5) is 8.78 Å². The Balaban J connectivity index is 1.49. The fraction of sp³-hybridized carbons (Fsp3) is 0.323. The van der Waals surface area contributed by atoms with Crippen molar-refractivity contribution >= 4 is 33.4 Å². The van der Waals surface area contributed by atoms with E-state index in [0.717, 1.165) is 60.4 Å². The largest absolute Gasteiger partial charge is 0.476 e. The molecule has 0 atom stereocenters. The first kappa shape index (κ1) is 29.3. The summed E-state index contributed by atoms with van der Waals surface area (Å²) in [4.78, 5) is 15.3. The maximum absolute atomic E-state index is 15.0. The third-order valence-corrected chi connectivity index (χ3v) is 9.82. The lowest BCUT2D eigenvalue weighted by atomic mass is 9.95. The number of aromatic nitrogens is 3. The third-order valence-electron chi connectivity index (χ3n) is 8.06. The van der Waals surface area contributed by atoms with Crippen LogP contribution in [0.3, 0.4) is 0 Å². The van der Waals surface area contributed by atoms with Crippen molar-refractivity contribution < 1.29 is 27.1 Å². The topological polar surface area (TPSA) is 128 Å². The minimum Gasteiger partial charge on any atom is -0.476 e. The number of allylic oxidation sites excluding steroid dienone is 1. The first-order valence-corrected chi connectivity index (χ1v) is 16.6. The van der Waals surface area contributed by atoms with E-state index in [1.807, 2.05) is 6.08 Å². The maximum atomic E-state index is 15.0.